The minimum absolute atomic E-state index is 0.120. The highest BCUT2D eigenvalue weighted by molar-refractivity contribution is 5.47. The fourth-order valence-corrected chi connectivity index (χ4v) is 2.54. The monoisotopic (exact) mass is 332 g/mol. The summed E-state index contributed by atoms with van der Waals surface area (Å²) in [6.07, 6.45) is -1.37. The zero-order chi connectivity index (χ0) is 17.2. The molecule has 0 aliphatic rings. The highest BCUT2D eigenvalue weighted by Gasteiger charge is 2.35. The van der Waals surface area contributed by atoms with E-state index in [1.54, 1.807) is 24.4 Å². The zero-order valence-electron chi connectivity index (χ0n) is 12.8. The fourth-order valence-electron chi connectivity index (χ4n) is 2.54. The van der Waals surface area contributed by atoms with Gasteiger partial charge < -0.3 is 5.32 Å². The van der Waals surface area contributed by atoms with Gasteiger partial charge in [0, 0.05) is 17.5 Å². The predicted octanol–water partition coefficient (Wildman–Crippen LogP) is 4.33. The quantitative estimate of drug-likeness (QED) is 0.747. The van der Waals surface area contributed by atoms with E-state index in [9.17, 15) is 13.2 Å². The van der Waals surface area contributed by atoms with E-state index in [-0.39, 0.29) is 5.56 Å². The third kappa shape index (κ3) is 3.40. The van der Waals surface area contributed by atoms with Crippen molar-refractivity contribution in [2.24, 2.45) is 0 Å². The second-order valence-electron chi connectivity index (χ2n) is 5.36. The molecule has 124 valence electrons. The fraction of sp³-hybridized carbons (Fsp3) is 0.176. The number of aromatic amines is 1. The van der Waals surface area contributed by atoms with E-state index in [1.165, 1.54) is 18.3 Å². The van der Waals surface area contributed by atoms with Gasteiger partial charge in [0.05, 0.1) is 17.8 Å². The van der Waals surface area contributed by atoms with Crippen LogP contribution in [0.15, 0.2) is 54.9 Å². The van der Waals surface area contributed by atoms with Crippen LogP contribution in [0.3, 0.4) is 0 Å². The van der Waals surface area contributed by atoms with Gasteiger partial charge in [0.25, 0.3) is 0 Å². The topological polar surface area (TPSA) is 53.6 Å². The van der Waals surface area contributed by atoms with Gasteiger partial charge in [-0.15, -0.1) is 0 Å². The van der Waals surface area contributed by atoms with E-state index < -0.39 is 17.8 Å². The zero-order valence-corrected chi connectivity index (χ0v) is 12.8. The van der Waals surface area contributed by atoms with Crippen LogP contribution in [-0.2, 0) is 6.18 Å². The number of hydrogen-bond donors (Lipinski definition) is 2. The lowest BCUT2D eigenvalue weighted by Crippen LogP contribution is -2.18. The van der Waals surface area contributed by atoms with Crippen molar-refractivity contribution in [1.29, 1.82) is 0 Å². The van der Waals surface area contributed by atoms with Crippen LogP contribution in [0.2, 0.25) is 0 Å². The lowest BCUT2D eigenvalue weighted by molar-refractivity contribution is -0.138. The molecule has 0 spiro atoms. The first kappa shape index (κ1) is 16.0. The number of aromatic nitrogens is 3. The Bertz CT molecular complexity index is 813. The molecule has 1 unspecified atom stereocenters. The third-order valence-electron chi connectivity index (χ3n) is 3.61. The maximum Gasteiger partial charge on any atom is 0.416 e. The number of nitrogens with zero attached hydrogens (tertiary/aromatic N) is 2. The van der Waals surface area contributed by atoms with Crippen molar-refractivity contribution in [3.05, 3.63) is 77.2 Å². The molecule has 0 aliphatic heterocycles. The number of H-pyrrole nitrogens is 1. The molecule has 2 aromatic heterocycles. The largest absolute Gasteiger partial charge is 0.416 e. The first-order valence-electron chi connectivity index (χ1n) is 7.30. The van der Waals surface area contributed by atoms with Crippen molar-refractivity contribution in [2.75, 3.05) is 5.32 Å². The summed E-state index contributed by atoms with van der Waals surface area (Å²) in [5.41, 5.74) is 0.802. The van der Waals surface area contributed by atoms with Gasteiger partial charge in [-0.2, -0.15) is 18.3 Å². The Labute approximate surface area is 136 Å². The minimum atomic E-state index is -4.44. The Balaban J connectivity index is 2.07. The van der Waals surface area contributed by atoms with Crippen molar-refractivity contribution in [3.63, 3.8) is 0 Å². The van der Waals surface area contributed by atoms with E-state index >= 15 is 0 Å². The molecular weight excluding hydrogens is 317 g/mol. The van der Waals surface area contributed by atoms with Gasteiger partial charge in [-0.25, -0.2) is 4.98 Å². The number of aryl methyl sites for hydroxylation is 1. The van der Waals surface area contributed by atoms with Crippen LogP contribution in [0.5, 0.6) is 0 Å². The summed E-state index contributed by atoms with van der Waals surface area (Å²) < 4.78 is 40.2. The van der Waals surface area contributed by atoms with E-state index in [2.05, 4.69) is 20.5 Å². The molecule has 0 radical (unpaired) electrons. The van der Waals surface area contributed by atoms with Crippen LogP contribution in [0.25, 0.3) is 0 Å². The van der Waals surface area contributed by atoms with Gasteiger partial charge >= 0.3 is 6.18 Å². The Morgan fingerprint density at radius 1 is 1.08 bits per heavy atom. The van der Waals surface area contributed by atoms with E-state index in [1.807, 2.05) is 13.0 Å². The minimum Gasteiger partial charge on any atom is -0.359 e. The van der Waals surface area contributed by atoms with Crippen LogP contribution < -0.4 is 5.32 Å². The van der Waals surface area contributed by atoms with Crippen LogP contribution >= 0.6 is 0 Å². The van der Waals surface area contributed by atoms with Crippen LogP contribution in [0.4, 0.5) is 19.0 Å². The molecule has 0 saturated heterocycles. The van der Waals surface area contributed by atoms with Crippen molar-refractivity contribution < 1.29 is 13.2 Å². The van der Waals surface area contributed by atoms with Crippen LogP contribution in [0, 0.1) is 6.92 Å². The number of benzene rings is 1. The number of rotatable bonds is 4. The third-order valence-corrected chi connectivity index (χ3v) is 3.61. The maximum absolute atomic E-state index is 13.4. The molecule has 4 nitrogen and oxygen atoms in total. The molecular formula is C17H15F3N4. The SMILES string of the molecule is Cc1cccc(NC(c2cn[nH]c2)c2ccccc2C(F)(F)F)n1. The molecule has 0 aliphatic carbocycles. The lowest BCUT2D eigenvalue weighted by atomic mass is 9.96. The number of anilines is 1. The Hall–Kier alpha value is -2.83. The molecule has 3 aromatic rings. The summed E-state index contributed by atoms with van der Waals surface area (Å²) in [4.78, 5) is 4.32. The van der Waals surface area contributed by atoms with Gasteiger partial charge in [-0.1, -0.05) is 24.3 Å². The van der Waals surface area contributed by atoms with Gasteiger partial charge in [0.2, 0.25) is 0 Å². The second-order valence-corrected chi connectivity index (χ2v) is 5.36. The molecule has 0 fully saturated rings. The number of alkyl halides is 3. The van der Waals surface area contributed by atoms with Crippen molar-refractivity contribution in [1.82, 2.24) is 15.2 Å². The molecule has 0 bridgehead atoms. The van der Waals surface area contributed by atoms with Crippen LogP contribution in [-0.4, -0.2) is 15.2 Å². The van der Waals surface area contributed by atoms with Gasteiger partial charge in [-0.05, 0) is 30.7 Å². The molecule has 0 amide bonds. The Morgan fingerprint density at radius 3 is 2.54 bits per heavy atom. The highest BCUT2D eigenvalue weighted by atomic mass is 19.4. The van der Waals surface area contributed by atoms with E-state index in [0.717, 1.165) is 11.8 Å². The Kier molecular flexibility index (Phi) is 4.24. The van der Waals surface area contributed by atoms with E-state index in [0.29, 0.717) is 11.4 Å². The predicted molar refractivity (Wildman–Crippen MR) is 84.5 cm³/mol. The normalized spacial score (nSPS) is 12.8. The lowest BCUT2D eigenvalue weighted by Gasteiger charge is -2.22. The summed E-state index contributed by atoms with van der Waals surface area (Å²) in [7, 11) is 0. The number of halogens is 3. The molecule has 1 atom stereocenters. The van der Waals surface area contributed by atoms with Gasteiger partial charge in [-0.3, -0.25) is 5.10 Å². The average Bonchev–Trinajstić information content (AvgIpc) is 3.06. The average molecular weight is 332 g/mol. The van der Waals surface area contributed by atoms with Crippen molar-refractivity contribution in [2.45, 2.75) is 19.1 Å². The Morgan fingerprint density at radius 2 is 1.88 bits per heavy atom. The molecule has 0 saturated carbocycles. The number of pyridine rings is 1. The highest BCUT2D eigenvalue weighted by Crippen LogP contribution is 2.37. The van der Waals surface area contributed by atoms with Gasteiger partial charge in [0.15, 0.2) is 0 Å². The summed E-state index contributed by atoms with van der Waals surface area (Å²) in [6.45, 7) is 1.82. The molecule has 24 heavy (non-hydrogen) atoms. The van der Waals surface area contributed by atoms with E-state index in [4.69, 9.17) is 0 Å². The summed E-state index contributed by atoms with van der Waals surface area (Å²) in [5, 5.41) is 9.58. The smallest absolute Gasteiger partial charge is 0.359 e. The standard InChI is InChI=1S/C17H15F3N4/c1-11-5-4-8-15(23-11)24-16(12-9-21-22-10-12)13-6-2-3-7-14(13)17(18,19)20/h2-10,16H,1H3,(H,21,22)(H,23,24). The first-order valence-corrected chi connectivity index (χ1v) is 7.30. The molecule has 2 heterocycles. The maximum atomic E-state index is 13.4. The first-order chi connectivity index (χ1) is 11.4. The summed E-state index contributed by atoms with van der Waals surface area (Å²) in [5.74, 6) is 0.498. The summed E-state index contributed by atoms with van der Waals surface area (Å²) in [6, 6.07) is 10.1. The molecule has 3 rings (SSSR count). The number of hydrogen-bond acceptors (Lipinski definition) is 3. The van der Waals surface area contributed by atoms with Crippen LogP contribution in [0.1, 0.15) is 28.4 Å². The molecule has 2 N–H and O–H groups in total. The second kappa shape index (κ2) is 6.35. The van der Waals surface area contributed by atoms with Crippen molar-refractivity contribution in [3.8, 4) is 0 Å². The van der Waals surface area contributed by atoms with Crippen molar-refractivity contribution >= 4 is 5.82 Å². The molecule has 1 aromatic carbocycles. The number of nitrogens with one attached hydrogen (secondary N) is 2. The van der Waals surface area contributed by atoms with Gasteiger partial charge in [0.1, 0.15) is 5.82 Å². The summed E-state index contributed by atoms with van der Waals surface area (Å²) >= 11 is 0. The molecule has 7 heteroatoms.